The summed E-state index contributed by atoms with van der Waals surface area (Å²) in [5.74, 6) is 0.249. The lowest BCUT2D eigenvalue weighted by Crippen LogP contribution is -2.53. The lowest BCUT2D eigenvalue weighted by Gasteiger charge is -2.37. The van der Waals surface area contributed by atoms with E-state index in [2.05, 4.69) is 46.9 Å². The smallest absolute Gasteiger partial charge is 0.241 e. The standard InChI is InChI=1S/C17H26N4O/c1-2-6-14-13-16(19-18-14)17(22)21-11-9-20(10-12-21)15-7-4-3-5-8-15/h3-5,7-8,14,16,18-19H,2,6,9-13H2,1H3. The van der Waals surface area contributed by atoms with E-state index < -0.39 is 0 Å². The summed E-state index contributed by atoms with van der Waals surface area (Å²) >= 11 is 0. The number of piperazine rings is 1. The molecule has 2 N–H and O–H groups in total. The number of hydrogen-bond acceptors (Lipinski definition) is 4. The van der Waals surface area contributed by atoms with Crippen molar-refractivity contribution in [3.63, 3.8) is 0 Å². The van der Waals surface area contributed by atoms with Gasteiger partial charge in [-0.25, -0.2) is 5.43 Å². The molecule has 1 aromatic carbocycles. The van der Waals surface area contributed by atoms with Gasteiger partial charge in [-0.05, 0) is 25.0 Å². The van der Waals surface area contributed by atoms with Crippen molar-refractivity contribution < 1.29 is 4.79 Å². The van der Waals surface area contributed by atoms with Crippen LogP contribution in [0.5, 0.6) is 0 Å². The topological polar surface area (TPSA) is 47.6 Å². The van der Waals surface area contributed by atoms with Crippen molar-refractivity contribution >= 4 is 11.6 Å². The minimum atomic E-state index is -0.0557. The van der Waals surface area contributed by atoms with Gasteiger partial charge in [0.2, 0.25) is 5.91 Å². The number of hydrogen-bond donors (Lipinski definition) is 2. The van der Waals surface area contributed by atoms with Crippen molar-refractivity contribution in [1.29, 1.82) is 0 Å². The summed E-state index contributed by atoms with van der Waals surface area (Å²) in [7, 11) is 0. The van der Waals surface area contributed by atoms with Gasteiger partial charge in [-0.2, -0.15) is 0 Å². The van der Waals surface area contributed by atoms with Crippen molar-refractivity contribution in [1.82, 2.24) is 15.8 Å². The Balaban J connectivity index is 1.50. The molecule has 0 radical (unpaired) electrons. The van der Waals surface area contributed by atoms with Crippen LogP contribution in [-0.4, -0.2) is 49.1 Å². The van der Waals surface area contributed by atoms with Crippen LogP contribution in [0, 0.1) is 0 Å². The summed E-state index contributed by atoms with van der Waals surface area (Å²) in [6, 6.07) is 10.8. The number of carbonyl (C=O) groups excluding carboxylic acids is 1. The average molecular weight is 302 g/mol. The van der Waals surface area contributed by atoms with Gasteiger partial charge in [0.1, 0.15) is 6.04 Å². The third-order valence-corrected chi connectivity index (χ3v) is 4.63. The highest BCUT2D eigenvalue weighted by atomic mass is 16.2. The van der Waals surface area contributed by atoms with Crippen LogP contribution < -0.4 is 15.8 Å². The first kappa shape index (κ1) is 15.3. The highest BCUT2D eigenvalue weighted by Crippen LogP contribution is 2.17. The van der Waals surface area contributed by atoms with Gasteiger partial charge in [0.25, 0.3) is 0 Å². The number of para-hydroxylation sites is 1. The molecule has 0 spiro atoms. The Kier molecular flexibility index (Phi) is 4.95. The molecule has 5 nitrogen and oxygen atoms in total. The van der Waals surface area contributed by atoms with Crippen LogP contribution >= 0.6 is 0 Å². The number of nitrogens with one attached hydrogen (secondary N) is 2. The Morgan fingerprint density at radius 3 is 2.55 bits per heavy atom. The monoisotopic (exact) mass is 302 g/mol. The van der Waals surface area contributed by atoms with Gasteiger partial charge < -0.3 is 9.80 Å². The molecule has 2 fully saturated rings. The normalized spacial score (nSPS) is 25.5. The fourth-order valence-corrected chi connectivity index (χ4v) is 3.37. The number of nitrogens with zero attached hydrogens (tertiary/aromatic N) is 2. The first-order valence-electron chi connectivity index (χ1n) is 8.37. The van der Waals surface area contributed by atoms with E-state index in [0.717, 1.165) is 45.4 Å². The van der Waals surface area contributed by atoms with E-state index in [-0.39, 0.29) is 11.9 Å². The first-order valence-corrected chi connectivity index (χ1v) is 8.37. The van der Waals surface area contributed by atoms with E-state index in [0.29, 0.717) is 6.04 Å². The predicted octanol–water partition coefficient (Wildman–Crippen LogP) is 1.37. The van der Waals surface area contributed by atoms with Crippen molar-refractivity contribution in [3.05, 3.63) is 30.3 Å². The molecule has 120 valence electrons. The van der Waals surface area contributed by atoms with E-state index in [9.17, 15) is 4.79 Å². The summed E-state index contributed by atoms with van der Waals surface area (Å²) in [4.78, 5) is 17.0. The van der Waals surface area contributed by atoms with Crippen LogP contribution in [0.4, 0.5) is 5.69 Å². The van der Waals surface area contributed by atoms with Gasteiger partial charge in [-0.3, -0.25) is 10.2 Å². The highest BCUT2D eigenvalue weighted by molar-refractivity contribution is 5.82. The van der Waals surface area contributed by atoms with Gasteiger partial charge in [-0.15, -0.1) is 0 Å². The molecule has 0 aromatic heterocycles. The van der Waals surface area contributed by atoms with E-state index in [4.69, 9.17) is 0 Å². The minimum absolute atomic E-state index is 0.0557. The van der Waals surface area contributed by atoms with Crippen molar-refractivity contribution in [2.75, 3.05) is 31.1 Å². The van der Waals surface area contributed by atoms with Crippen LogP contribution in [-0.2, 0) is 4.79 Å². The summed E-state index contributed by atoms with van der Waals surface area (Å²) in [5, 5.41) is 0. The first-order chi connectivity index (χ1) is 10.8. The maximum Gasteiger partial charge on any atom is 0.241 e. The van der Waals surface area contributed by atoms with Crippen molar-refractivity contribution in [2.45, 2.75) is 38.3 Å². The summed E-state index contributed by atoms with van der Waals surface area (Å²) in [6.45, 7) is 5.62. The summed E-state index contributed by atoms with van der Waals surface area (Å²) in [6.07, 6.45) is 3.18. The zero-order chi connectivity index (χ0) is 15.4. The van der Waals surface area contributed by atoms with Gasteiger partial charge in [0.05, 0.1) is 0 Å². The maximum absolute atomic E-state index is 12.6. The number of hydrazine groups is 1. The number of rotatable bonds is 4. The Hall–Kier alpha value is -1.59. The van der Waals surface area contributed by atoms with Crippen LogP contribution in [0.25, 0.3) is 0 Å². The Morgan fingerprint density at radius 1 is 1.14 bits per heavy atom. The van der Waals surface area contributed by atoms with Gasteiger partial charge >= 0.3 is 0 Å². The largest absolute Gasteiger partial charge is 0.368 e. The SMILES string of the molecule is CCCC1CC(C(=O)N2CCN(c3ccccc3)CC2)NN1. The summed E-state index contributed by atoms with van der Waals surface area (Å²) < 4.78 is 0. The molecule has 2 saturated heterocycles. The summed E-state index contributed by atoms with van der Waals surface area (Å²) in [5.41, 5.74) is 7.68. The zero-order valence-corrected chi connectivity index (χ0v) is 13.3. The molecule has 2 aliphatic rings. The Morgan fingerprint density at radius 2 is 1.86 bits per heavy atom. The quantitative estimate of drug-likeness (QED) is 0.882. The second kappa shape index (κ2) is 7.11. The van der Waals surface area contributed by atoms with E-state index in [1.54, 1.807) is 0 Å². The molecule has 1 amide bonds. The van der Waals surface area contributed by atoms with Crippen LogP contribution in [0.15, 0.2) is 30.3 Å². The fraction of sp³-hybridized carbons (Fsp3) is 0.588. The molecule has 0 bridgehead atoms. The van der Waals surface area contributed by atoms with Crippen LogP contribution in [0.1, 0.15) is 26.2 Å². The third-order valence-electron chi connectivity index (χ3n) is 4.63. The number of anilines is 1. The number of amides is 1. The lowest BCUT2D eigenvalue weighted by molar-refractivity contribution is -0.133. The molecule has 0 aliphatic carbocycles. The molecule has 5 heteroatoms. The van der Waals surface area contributed by atoms with Crippen LogP contribution in [0.2, 0.25) is 0 Å². The zero-order valence-electron chi connectivity index (χ0n) is 13.3. The lowest BCUT2D eigenvalue weighted by atomic mass is 10.0. The second-order valence-corrected chi connectivity index (χ2v) is 6.21. The molecule has 2 atom stereocenters. The van der Waals surface area contributed by atoms with Crippen molar-refractivity contribution in [2.24, 2.45) is 0 Å². The Labute approximate surface area is 132 Å². The van der Waals surface area contributed by atoms with Gasteiger partial charge in [-0.1, -0.05) is 31.5 Å². The van der Waals surface area contributed by atoms with E-state index in [1.165, 1.54) is 5.69 Å². The molecule has 22 heavy (non-hydrogen) atoms. The highest BCUT2D eigenvalue weighted by Gasteiger charge is 2.33. The maximum atomic E-state index is 12.6. The van der Waals surface area contributed by atoms with Crippen molar-refractivity contribution in [3.8, 4) is 0 Å². The molecular weight excluding hydrogens is 276 g/mol. The average Bonchev–Trinajstić information content (AvgIpc) is 3.04. The van der Waals surface area contributed by atoms with Gasteiger partial charge in [0.15, 0.2) is 0 Å². The molecule has 2 aliphatic heterocycles. The predicted molar refractivity (Wildman–Crippen MR) is 88.6 cm³/mol. The van der Waals surface area contributed by atoms with Gasteiger partial charge in [0, 0.05) is 37.9 Å². The number of carbonyl (C=O) groups is 1. The third kappa shape index (κ3) is 3.42. The second-order valence-electron chi connectivity index (χ2n) is 6.21. The fourth-order valence-electron chi connectivity index (χ4n) is 3.37. The molecule has 2 heterocycles. The van der Waals surface area contributed by atoms with Crippen LogP contribution in [0.3, 0.4) is 0 Å². The minimum Gasteiger partial charge on any atom is -0.368 e. The van der Waals surface area contributed by atoms with E-state index >= 15 is 0 Å². The Bertz CT molecular complexity index is 485. The molecule has 3 rings (SSSR count). The molecule has 0 saturated carbocycles. The molecular formula is C17H26N4O. The number of benzene rings is 1. The molecule has 2 unspecified atom stereocenters. The van der Waals surface area contributed by atoms with E-state index in [1.807, 2.05) is 11.0 Å². The molecule has 1 aromatic rings.